The molecule has 3 rings (SSSR count). The third-order valence-corrected chi connectivity index (χ3v) is 3.43. The first kappa shape index (κ1) is 16.4. The van der Waals surface area contributed by atoms with Crippen LogP contribution in [0.2, 0.25) is 0 Å². The second-order valence-corrected chi connectivity index (χ2v) is 5.43. The minimum Gasteiger partial charge on any atom is -0.341 e. The van der Waals surface area contributed by atoms with Crippen LogP contribution in [-0.2, 0) is 0 Å². The molecule has 128 valence electrons. The zero-order valence-electron chi connectivity index (χ0n) is 14.0. The Morgan fingerprint density at radius 2 is 1.76 bits per heavy atom. The normalized spacial score (nSPS) is 10.5. The summed E-state index contributed by atoms with van der Waals surface area (Å²) in [6, 6.07) is 8.28. The Balaban J connectivity index is 1.81. The molecule has 0 bridgehead atoms. The highest BCUT2D eigenvalue weighted by molar-refractivity contribution is 6.02. The van der Waals surface area contributed by atoms with Crippen LogP contribution in [0, 0.1) is 13.8 Å². The number of carbonyl (C=O) groups is 2. The van der Waals surface area contributed by atoms with Gasteiger partial charge in [0.2, 0.25) is 5.82 Å². The number of aryl methyl sites for hydroxylation is 2. The van der Waals surface area contributed by atoms with Crippen molar-refractivity contribution in [1.29, 1.82) is 0 Å². The highest BCUT2D eigenvalue weighted by Gasteiger charge is 2.15. The summed E-state index contributed by atoms with van der Waals surface area (Å²) in [6.07, 6.45) is 0. The number of benzene rings is 1. The molecule has 0 fully saturated rings. The number of aromatic nitrogens is 4. The number of carbonyl (C=O) groups excluding carboxylic acids is 2. The van der Waals surface area contributed by atoms with E-state index in [-0.39, 0.29) is 11.9 Å². The summed E-state index contributed by atoms with van der Waals surface area (Å²) in [5.74, 6) is -0.0665. The van der Waals surface area contributed by atoms with Gasteiger partial charge in [-0.05, 0) is 38.1 Å². The number of amides is 3. The van der Waals surface area contributed by atoms with Crippen molar-refractivity contribution >= 4 is 29.1 Å². The van der Waals surface area contributed by atoms with Crippen LogP contribution < -0.4 is 16.0 Å². The van der Waals surface area contributed by atoms with Gasteiger partial charge in [0.15, 0.2) is 0 Å². The van der Waals surface area contributed by atoms with E-state index in [0.717, 1.165) is 11.4 Å². The van der Waals surface area contributed by atoms with E-state index < -0.39 is 5.91 Å². The van der Waals surface area contributed by atoms with Gasteiger partial charge in [-0.2, -0.15) is 4.98 Å². The van der Waals surface area contributed by atoms with Gasteiger partial charge in [-0.3, -0.25) is 4.79 Å². The van der Waals surface area contributed by atoms with E-state index in [9.17, 15) is 9.59 Å². The predicted molar refractivity (Wildman–Crippen MR) is 92.7 cm³/mol. The van der Waals surface area contributed by atoms with Gasteiger partial charge in [0.1, 0.15) is 0 Å². The fraction of sp³-hybridized carbons (Fsp3) is 0.188. The molecule has 0 aliphatic rings. The molecule has 0 aliphatic carbocycles. The molecule has 9 heteroatoms. The lowest BCUT2D eigenvalue weighted by Crippen LogP contribution is -2.24. The van der Waals surface area contributed by atoms with E-state index in [1.165, 1.54) is 11.6 Å². The fourth-order valence-electron chi connectivity index (χ4n) is 2.32. The highest BCUT2D eigenvalue weighted by Crippen LogP contribution is 2.16. The molecule has 0 saturated heterocycles. The summed E-state index contributed by atoms with van der Waals surface area (Å²) < 4.78 is 1.52. The summed E-state index contributed by atoms with van der Waals surface area (Å²) in [6.45, 7) is 3.72. The van der Waals surface area contributed by atoms with Crippen LogP contribution in [0.25, 0.3) is 5.78 Å². The minimum atomic E-state index is -0.459. The molecule has 0 radical (unpaired) electrons. The van der Waals surface area contributed by atoms with Crippen molar-refractivity contribution in [2.75, 3.05) is 17.7 Å². The van der Waals surface area contributed by atoms with E-state index in [0.29, 0.717) is 17.2 Å². The van der Waals surface area contributed by atoms with Gasteiger partial charge >= 0.3 is 6.03 Å². The van der Waals surface area contributed by atoms with Crippen molar-refractivity contribution in [3.8, 4) is 0 Å². The molecule has 3 amide bonds. The third kappa shape index (κ3) is 3.55. The van der Waals surface area contributed by atoms with Crippen LogP contribution in [0.15, 0.2) is 30.3 Å². The minimum absolute atomic E-state index is 0.0193. The monoisotopic (exact) mass is 339 g/mol. The number of hydrogen-bond acceptors (Lipinski definition) is 5. The summed E-state index contributed by atoms with van der Waals surface area (Å²) in [5, 5.41) is 12.0. The number of urea groups is 1. The number of hydrogen-bond donors (Lipinski definition) is 3. The molecular weight excluding hydrogens is 322 g/mol. The van der Waals surface area contributed by atoms with Crippen molar-refractivity contribution in [3.05, 3.63) is 47.5 Å². The summed E-state index contributed by atoms with van der Waals surface area (Å²) in [7, 11) is 1.52. The van der Waals surface area contributed by atoms with E-state index >= 15 is 0 Å². The molecule has 25 heavy (non-hydrogen) atoms. The quantitative estimate of drug-likeness (QED) is 0.673. The first-order chi connectivity index (χ1) is 12.0. The van der Waals surface area contributed by atoms with Crippen molar-refractivity contribution in [3.63, 3.8) is 0 Å². The first-order valence-electron chi connectivity index (χ1n) is 7.57. The summed E-state index contributed by atoms with van der Waals surface area (Å²) in [5.41, 5.74) is 2.70. The summed E-state index contributed by atoms with van der Waals surface area (Å²) in [4.78, 5) is 32.2. The van der Waals surface area contributed by atoms with Gasteiger partial charge in [0.05, 0.1) is 0 Å². The largest absolute Gasteiger partial charge is 0.341 e. The van der Waals surface area contributed by atoms with Crippen LogP contribution >= 0.6 is 0 Å². The Kier molecular flexibility index (Phi) is 4.29. The van der Waals surface area contributed by atoms with Gasteiger partial charge in [-0.25, -0.2) is 14.3 Å². The predicted octanol–water partition coefficient (Wildman–Crippen LogP) is 1.74. The number of nitrogens with zero attached hydrogens (tertiary/aromatic N) is 4. The molecule has 0 unspecified atom stereocenters. The fourth-order valence-corrected chi connectivity index (χ4v) is 2.32. The topological polar surface area (TPSA) is 113 Å². The Labute approximate surface area is 143 Å². The number of rotatable bonds is 3. The first-order valence-corrected chi connectivity index (χ1v) is 7.57. The van der Waals surface area contributed by atoms with Crippen molar-refractivity contribution in [2.45, 2.75) is 13.8 Å². The van der Waals surface area contributed by atoms with Gasteiger partial charge in [-0.1, -0.05) is 6.07 Å². The maximum Gasteiger partial charge on any atom is 0.318 e. The van der Waals surface area contributed by atoms with Gasteiger partial charge in [0, 0.05) is 29.8 Å². The highest BCUT2D eigenvalue weighted by atomic mass is 16.2. The maximum absolute atomic E-state index is 12.4. The molecule has 2 aromatic heterocycles. The Hall–Kier alpha value is -3.49. The van der Waals surface area contributed by atoms with Crippen LogP contribution in [0.1, 0.15) is 22.0 Å². The SMILES string of the molecule is CNC(=O)Nc1cccc(NC(=O)c2nc3nc(C)cc(C)n3n2)c1. The van der Waals surface area contributed by atoms with Crippen LogP contribution in [0.3, 0.4) is 0 Å². The zero-order chi connectivity index (χ0) is 18.0. The lowest BCUT2D eigenvalue weighted by atomic mass is 10.2. The van der Waals surface area contributed by atoms with Gasteiger partial charge in [0.25, 0.3) is 11.7 Å². The number of fused-ring (bicyclic) bond motifs is 1. The molecule has 1 aromatic carbocycles. The number of anilines is 2. The van der Waals surface area contributed by atoms with Crippen molar-refractivity contribution in [1.82, 2.24) is 24.9 Å². The molecule has 0 aliphatic heterocycles. The summed E-state index contributed by atoms with van der Waals surface area (Å²) >= 11 is 0. The van der Waals surface area contributed by atoms with E-state index in [2.05, 4.69) is 31.0 Å². The van der Waals surface area contributed by atoms with Crippen LogP contribution in [-0.4, -0.2) is 38.6 Å². The Morgan fingerprint density at radius 1 is 1.04 bits per heavy atom. The number of nitrogens with one attached hydrogen (secondary N) is 3. The molecule has 0 saturated carbocycles. The molecule has 0 spiro atoms. The molecule has 9 nitrogen and oxygen atoms in total. The van der Waals surface area contributed by atoms with Crippen molar-refractivity contribution < 1.29 is 9.59 Å². The second kappa shape index (κ2) is 6.56. The van der Waals surface area contributed by atoms with E-state index in [1.807, 2.05) is 19.9 Å². The van der Waals surface area contributed by atoms with Gasteiger partial charge < -0.3 is 16.0 Å². The smallest absolute Gasteiger partial charge is 0.318 e. The van der Waals surface area contributed by atoms with E-state index in [4.69, 9.17) is 0 Å². The van der Waals surface area contributed by atoms with Crippen LogP contribution in [0.5, 0.6) is 0 Å². The molecule has 3 aromatic rings. The Bertz CT molecular complexity index is 964. The average Bonchev–Trinajstić information content (AvgIpc) is 2.99. The second-order valence-electron chi connectivity index (χ2n) is 5.43. The molecule has 0 atom stereocenters. The molecular formula is C16H17N7O2. The lowest BCUT2D eigenvalue weighted by Gasteiger charge is -2.07. The van der Waals surface area contributed by atoms with Crippen molar-refractivity contribution in [2.24, 2.45) is 0 Å². The molecule has 3 N–H and O–H groups in total. The van der Waals surface area contributed by atoms with E-state index in [1.54, 1.807) is 24.3 Å². The molecule has 2 heterocycles. The van der Waals surface area contributed by atoms with Crippen LogP contribution in [0.4, 0.5) is 16.2 Å². The third-order valence-electron chi connectivity index (χ3n) is 3.43. The Morgan fingerprint density at radius 3 is 2.48 bits per heavy atom. The van der Waals surface area contributed by atoms with Gasteiger partial charge in [-0.15, -0.1) is 5.10 Å². The lowest BCUT2D eigenvalue weighted by molar-refractivity contribution is 0.101. The maximum atomic E-state index is 12.4. The zero-order valence-corrected chi connectivity index (χ0v) is 14.0. The standard InChI is InChI=1S/C16H17N7O2/c1-9-7-10(2)23-15(18-9)21-13(22-23)14(24)19-11-5-4-6-12(8-11)20-16(25)17-3/h4-8H,1-3H3,(H,19,24)(H2,17,20,25). The average molecular weight is 339 g/mol.